The van der Waals surface area contributed by atoms with Gasteiger partial charge in [0.05, 0.1) is 23.7 Å². The molecule has 1 N–H and O–H groups in total. The second kappa shape index (κ2) is 5.50. The van der Waals surface area contributed by atoms with Crippen LogP contribution in [0.15, 0.2) is 24.3 Å². The number of aryl methyl sites for hydroxylation is 1. The molecule has 0 aliphatic rings. The Morgan fingerprint density at radius 2 is 2.11 bits per heavy atom. The van der Waals surface area contributed by atoms with Crippen LogP contribution in [-0.2, 0) is 18.2 Å². The average Bonchev–Trinajstić information content (AvgIpc) is 2.67. The van der Waals surface area contributed by atoms with E-state index in [2.05, 4.69) is 4.98 Å². The molecule has 0 saturated carbocycles. The van der Waals surface area contributed by atoms with Gasteiger partial charge in [0, 0.05) is 26.5 Å². The van der Waals surface area contributed by atoms with Gasteiger partial charge in [-0.05, 0) is 12.1 Å². The minimum Gasteiger partial charge on any atom is -0.392 e. The van der Waals surface area contributed by atoms with E-state index in [0.717, 1.165) is 16.9 Å². The largest absolute Gasteiger partial charge is 0.392 e. The average molecular weight is 248 g/mol. The van der Waals surface area contributed by atoms with Gasteiger partial charge < -0.3 is 14.4 Å². The molecule has 2 rings (SSSR count). The minimum atomic E-state index is -0.430. The third kappa shape index (κ3) is 2.54. The van der Waals surface area contributed by atoms with Crippen molar-refractivity contribution in [3.8, 4) is 0 Å². The molecule has 1 aromatic carbocycles. The van der Waals surface area contributed by atoms with Gasteiger partial charge in [-0.3, -0.25) is 0 Å². The van der Waals surface area contributed by atoms with Crippen LogP contribution in [0.1, 0.15) is 12.7 Å². The highest BCUT2D eigenvalue weighted by molar-refractivity contribution is 5.75. The van der Waals surface area contributed by atoms with Gasteiger partial charge in [0.1, 0.15) is 5.82 Å². The fourth-order valence-corrected chi connectivity index (χ4v) is 2.14. The number of methoxy groups -OCH3 is 1. The maximum atomic E-state index is 10.1. The standard InChI is InChI=1S/C14H20N2O2/c1-10(9-18-3)13(17)8-14-15-11-6-4-5-7-12(11)16(14)2/h4-7,10,13,17H,8-9H2,1-3H3. The summed E-state index contributed by atoms with van der Waals surface area (Å²) in [5, 5.41) is 10.1. The van der Waals surface area contributed by atoms with Gasteiger partial charge in [-0.25, -0.2) is 4.98 Å². The fraction of sp³-hybridized carbons (Fsp3) is 0.500. The number of rotatable bonds is 5. The van der Waals surface area contributed by atoms with Crippen molar-refractivity contribution in [2.75, 3.05) is 13.7 Å². The molecule has 1 heterocycles. The fourth-order valence-electron chi connectivity index (χ4n) is 2.14. The molecule has 0 saturated heterocycles. The van der Waals surface area contributed by atoms with Gasteiger partial charge in [0.2, 0.25) is 0 Å². The van der Waals surface area contributed by atoms with Crippen molar-refractivity contribution in [2.45, 2.75) is 19.4 Å². The van der Waals surface area contributed by atoms with E-state index in [1.54, 1.807) is 7.11 Å². The van der Waals surface area contributed by atoms with Crippen LogP contribution >= 0.6 is 0 Å². The molecule has 0 spiro atoms. The Kier molecular flexibility index (Phi) is 3.99. The van der Waals surface area contributed by atoms with Crippen LogP contribution in [-0.4, -0.2) is 34.5 Å². The highest BCUT2D eigenvalue weighted by Gasteiger charge is 2.18. The van der Waals surface area contributed by atoms with Gasteiger partial charge in [-0.2, -0.15) is 0 Å². The highest BCUT2D eigenvalue weighted by atomic mass is 16.5. The third-order valence-electron chi connectivity index (χ3n) is 3.36. The van der Waals surface area contributed by atoms with Crippen molar-refractivity contribution in [3.63, 3.8) is 0 Å². The van der Waals surface area contributed by atoms with E-state index in [0.29, 0.717) is 13.0 Å². The first kappa shape index (κ1) is 13.1. The molecule has 18 heavy (non-hydrogen) atoms. The SMILES string of the molecule is COCC(C)C(O)Cc1nc2ccccc2n1C. The highest BCUT2D eigenvalue weighted by Crippen LogP contribution is 2.17. The Bertz CT molecular complexity index is 521. The number of benzene rings is 1. The summed E-state index contributed by atoms with van der Waals surface area (Å²) >= 11 is 0. The summed E-state index contributed by atoms with van der Waals surface area (Å²) in [5.74, 6) is 1.02. The van der Waals surface area contributed by atoms with E-state index >= 15 is 0 Å². The zero-order chi connectivity index (χ0) is 13.1. The second-order valence-corrected chi connectivity index (χ2v) is 4.78. The van der Waals surface area contributed by atoms with Crippen LogP contribution in [0.2, 0.25) is 0 Å². The van der Waals surface area contributed by atoms with Crippen LogP contribution in [0.5, 0.6) is 0 Å². The van der Waals surface area contributed by atoms with E-state index < -0.39 is 6.10 Å². The Hall–Kier alpha value is -1.39. The second-order valence-electron chi connectivity index (χ2n) is 4.78. The number of aliphatic hydroxyl groups excluding tert-OH is 1. The first-order chi connectivity index (χ1) is 8.63. The number of para-hydroxylation sites is 2. The maximum Gasteiger partial charge on any atom is 0.112 e. The number of aromatic nitrogens is 2. The predicted octanol–water partition coefficient (Wildman–Crippen LogP) is 1.76. The van der Waals surface area contributed by atoms with E-state index in [-0.39, 0.29) is 5.92 Å². The molecule has 98 valence electrons. The van der Waals surface area contributed by atoms with Crippen molar-refractivity contribution in [3.05, 3.63) is 30.1 Å². The lowest BCUT2D eigenvalue weighted by molar-refractivity contribution is 0.0560. The number of imidazole rings is 1. The quantitative estimate of drug-likeness (QED) is 0.877. The molecule has 0 aliphatic carbocycles. The predicted molar refractivity (Wildman–Crippen MR) is 71.5 cm³/mol. The van der Waals surface area contributed by atoms with Gasteiger partial charge in [-0.15, -0.1) is 0 Å². The summed E-state index contributed by atoms with van der Waals surface area (Å²) in [6.45, 7) is 2.54. The Balaban J connectivity index is 2.19. The minimum absolute atomic E-state index is 0.106. The van der Waals surface area contributed by atoms with Crippen molar-refractivity contribution in [2.24, 2.45) is 13.0 Å². The van der Waals surface area contributed by atoms with Crippen LogP contribution in [0.25, 0.3) is 11.0 Å². The monoisotopic (exact) mass is 248 g/mol. The molecule has 0 radical (unpaired) electrons. The molecule has 0 amide bonds. The summed E-state index contributed by atoms with van der Waals surface area (Å²) in [6.07, 6.45) is 0.121. The van der Waals surface area contributed by atoms with Gasteiger partial charge >= 0.3 is 0 Å². The molecule has 1 aromatic heterocycles. The van der Waals surface area contributed by atoms with E-state index in [9.17, 15) is 5.11 Å². The number of hydrogen-bond acceptors (Lipinski definition) is 3. The topological polar surface area (TPSA) is 47.3 Å². The van der Waals surface area contributed by atoms with Crippen molar-refractivity contribution in [1.29, 1.82) is 0 Å². The van der Waals surface area contributed by atoms with E-state index in [1.165, 1.54) is 0 Å². The third-order valence-corrected chi connectivity index (χ3v) is 3.36. The molecule has 0 aliphatic heterocycles. The van der Waals surface area contributed by atoms with Crippen molar-refractivity contribution in [1.82, 2.24) is 9.55 Å². The first-order valence-electron chi connectivity index (χ1n) is 6.20. The lowest BCUT2D eigenvalue weighted by Gasteiger charge is -2.17. The van der Waals surface area contributed by atoms with Gasteiger partial charge in [0.15, 0.2) is 0 Å². The summed E-state index contributed by atoms with van der Waals surface area (Å²) in [4.78, 5) is 4.56. The number of nitrogens with zero attached hydrogens (tertiary/aromatic N) is 2. The zero-order valence-corrected chi connectivity index (χ0v) is 11.1. The van der Waals surface area contributed by atoms with Crippen molar-refractivity contribution >= 4 is 11.0 Å². The van der Waals surface area contributed by atoms with Crippen LogP contribution < -0.4 is 0 Å². The molecule has 2 unspecified atom stereocenters. The first-order valence-corrected chi connectivity index (χ1v) is 6.20. The summed E-state index contributed by atoms with van der Waals surface area (Å²) in [5.41, 5.74) is 2.07. The summed E-state index contributed by atoms with van der Waals surface area (Å²) in [6, 6.07) is 8.00. The molecular weight excluding hydrogens is 228 g/mol. The lowest BCUT2D eigenvalue weighted by atomic mass is 10.0. The number of ether oxygens (including phenoxy) is 1. The molecule has 0 bridgehead atoms. The van der Waals surface area contributed by atoms with E-state index in [4.69, 9.17) is 4.74 Å². The zero-order valence-electron chi connectivity index (χ0n) is 11.1. The van der Waals surface area contributed by atoms with Crippen LogP contribution in [0.4, 0.5) is 0 Å². The number of aliphatic hydroxyl groups is 1. The van der Waals surface area contributed by atoms with Gasteiger partial charge in [-0.1, -0.05) is 19.1 Å². The van der Waals surface area contributed by atoms with Crippen molar-refractivity contribution < 1.29 is 9.84 Å². The van der Waals surface area contributed by atoms with Crippen LogP contribution in [0.3, 0.4) is 0 Å². The normalized spacial score (nSPS) is 14.9. The maximum absolute atomic E-state index is 10.1. The Morgan fingerprint density at radius 1 is 1.39 bits per heavy atom. The number of hydrogen-bond donors (Lipinski definition) is 1. The van der Waals surface area contributed by atoms with E-state index in [1.807, 2.05) is 42.8 Å². The van der Waals surface area contributed by atoms with Gasteiger partial charge in [0.25, 0.3) is 0 Å². The molecule has 2 aromatic rings. The number of fused-ring (bicyclic) bond motifs is 1. The molecule has 4 heteroatoms. The molecule has 4 nitrogen and oxygen atoms in total. The smallest absolute Gasteiger partial charge is 0.112 e. The summed E-state index contributed by atoms with van der Waals surface area (Å²) < 4.78 is 7.10. The van der Waals surface area contributed by atoms with Crippen LogP contribution in [0, 0.1) is 5.92 Å². The Labute approximate surface area is 107 Å². The molecular formula is C14H20N2O2. The Morgan fingerprint density at radius 3 is 2.78 bits per heavy atom. The lowest BCUT2D eigenvalue weighted by Crippen LogP contribution is -2.25. The molecule has 0 fully saturated rings. The summed E-state index contributed by atoms with van der Waals surface area (Å²) in [7, 11) is 3.64. The molecule has 2 atom stereocenters.